The standard InChI is InChI=1S/C17H12F4N2O6/c18-11-2-4-12(5-3-11)28-9-16(25)29-8-15(24)22-13-6-1-10(17(19,20)21)7-14(13)23(26)27/h1-7H,8-9H2,(H,22,24). The first kappa shape index (κ1) is 21.6. The molecule has 2 aromatic carbocycles. The quantitative estimate of drug-likeness (QED) is 0.321. The maximum atomic E-state index is 12.7. The average Bonchev–Trinajstić information content (AvgIpc) is 2.65. The highest BCUT2D eigenvalue weighted by Crippen LogP contribution is 2.34. The van der Waals surface area contributed by atoms with E-state index >= 15 is 0 Å². The third-order valence-electron chi connectivity index (χ3n) is 3.33. The second-order valence-corrected chi connectivity index (χ2v) is 5.44. The Morgan fingerprint density at radius 3 is 2.31 bits per heavy atom. The number of carbonyl (C=O) groups excluding carboxylic acids is 2. The Morgan fingerprint density at radius 1 is 1.07 bits per heavy atom. The van der Waals surface area contributed by atoms with Gasteiger partial charge in [0.1, 0.15) is 17.3 Å². The van der Waals surface area contributed by atoms with Crippen molar-refractivity contribution in [3.05, 3.63) is 64.0 Å². The first-order valence-electron chi connectivity index (χ1n) is 7.76. The summed E-state index contributed by atoms with van der Waals surface area (Å²) in [6.45, 7) is -1.46. The number of anilines is 1. The van der Waals surface area contributed by atoms with Crippen LogP contribution in [0.4, 0.5) is 28.9 Å². The second kappa shape index (κ2) is 8.99. The molecule has 0 aliphatic heterocycles. The first-order chi connectivity index (χ1) is 13.6. The van der Waals surface area contributed by atoms with Crippen LogP contribution in [0.25, 0.3) is 0 Å². The van der Waals surface area contributed by atoms with Crippen LogP contribution in [0, 0.1) is 15.9 Å². The monoisotopic (exact) mass is 416 g/mol. The van der Waals surface area contributed by atoms with Gasteiger partial charge in [-0.1, -0.05) is 0 Å². The van der Waals surface area contributed by atoms with Crippen LogP contribution in [-0.2, 0) is 20.5 Å². The maximum Gasteiger partial charge on any atom is 0.416 e. The van der Waals surface area contributed by atoms with Gasteiger partial charge < -0.3 is 14.8 Å². The van der Waals surface area contributed by atoms with E-state index in [4.69, 9.17) is 4.74 Å². The molecule has 0 atom stereocenters. The van der Waals surface area contributed by atoms with Crippen molar-refractivity contribution in [1.82, 2.24) is 0 Å². The van der Waals surface area contributed by atoms with Gasteiger partial charge in [0.15, 0.2) is 13.2 Å². The Labute approximate surface area is 160 Å². The van der Waals surface area contributed by atoms with Crippen LogP contribution in [0.2, 0.25) is 0 Å². The van der Waals surface area contributed by atoms with E-state index in [1.165, 1.54) is 12.1 Å². The summed E-state index contributed by atoms with van der Waals surface area (Å²) in [6, 6.07) is 6.29. The van der Waals surface area contributed by atoms with Crippen LogP contribution in [0.15, 0.2) is 42.5 Å². The molecule has 0 spiro atoms. The molecule has 0 saturated heterocycles. The summed E-state index contributed by atoms with van der Waals surface area (Å²) < 4.78 is 60.3. The Balaban J connectivity index is 1.90. The van der Waals surface area contributed by atoms with Crippen LogP contribution in [0.5, 0.6) is 5.75 Å². The molecule has 2 aromatic rings. The van der Waals surface area contributed by atoms with Crippen molar-refractivity contribution in [3.8, 4) is 5.75 Å². The third kappa shape index (κ3) is 6.45. The molecule has 2 rings (SSSR count). The molecule has 0 radical (unpaired) electrons. The summed E-state index contributed by atoms with van der Waals surface area (Å²) in [5.41, 5.74) is -2.72. The van der Waals surface area contributed by atoms with Gasteiger partial charge in [0.2, 0.25) is 0 Å². The minimum Gasteiger partial charge on any atom is -0.482 e. The highest BCUT2D eigenvalue weighted by molar-refractivity contribution is 5.95. The molecule has 0 heterocycles. The van der Waals surface area contributed by atoms with Crippen molar-refractivity contribution in [1.29, 1.82) is 0 Å². The SMILES string of the molecule is O=C(COC(=O)COc1ccc(F)cc1)Nc1ccc(C(F)(F)F)cc1[N+](=O)[O-]. The molecule has 1 amide bonds. The number of nitro groups is 1. The number of nitro benzene ring substituents is 1. The van der Waals surface area contributed by atoms with Crippen molar-refractivity contribution in [2.75, 3.05) is 18.5 Å². The number of hydrogen-bond donors (Lipinski definition) is 1. The number of hydrogen-bond acceptors (Lipinski definition) is 6. The zero-order chi connectivity index (χ0) is 21.6. The number of carbonyl (C=O) groups is 2. The van der Waals surface area contributed by atoms with Crippen molar-refractivity contribution < 1.29 is 41.5 Å². The van der Waals surface area contributed by atoms with Gasteiger partial charge in [0.05, 0.1) is 10.5 Å². The molecular formula is C17H12F4N2O6. The number of ether oxygens (including phenoxy) is 2. The number of halogens is 4. The lowest BCUT2D eigenvalue weighted by atomic mass is 10.1. The molecule has 0 bridgehead atoms. The van der Waals surface area contributed by atoms with Crippen LogP contribution < -0.4 is 10.1 Å². The van der Waals surface area contributed by atoms with Crippen molar-refractivity contribution in [2.45, 2.75) is 6.18 Å². The predicted octanol–water partition coefficient (Wildman–Crippen LogP) is 3.31. The van der Waals surface area contributed by atoms with Crippen molar-refractivity contribution in [3.63, 3.8) is 0 Å². The number of nitrogens with one attached hydrogen (secondary N) is 1. The summed E-state index contributed by atoms with van der Waals surface area (Å²) >= 11 is 0. The highest BCUT2D eigenvalue weighted by atomic mass is 19.4. The Bertz CT molecular complexity index is 915. The average molecular weight is 416 g/mol. The highest BCUT2D eigenvalue weighted by Gasteiger charge is 2.33. The maximum absolute atomic E-state index is 12.7. The van der Waals surface area contributed by atoms with E-state index < -0.39 is 58.9 Å². The van der Waals surface area contributed by atoms with Crippen LogP contribution in [0.3, 0.4) is 0 Å². The van der Waals surface area contributed by atoms with E-state index in [2.05, 4.69) is 4.74 Å². The molecule has 154 valence electrons. The number of rotatable bonds is 7. The lowest BCUT2D eigenvalue weighted by Gasteiger charge is -2.10. The van der Waals surface area contributed by atoms with E-state index in [0.717, 1.165) is 18.2 Å². The van der Waals surface area contributed by atoms with Crippen molar-refractivity contribution in [2.24, 2.45) is 0 Å². The molecule has 0 aliphatic rings. The third-order valence-corrected chi connectivity index (χ3v) is 3.33. The van der Waals surface area contributed by atoms with Gasteiger partial charge in [-0.25, -0.2) is 9.18 Å². The second-order valence-electron chi connectivity index (χ2n) is 5.44. The minimum atomic E-state index is -4.80. The fourth-order valence-corrected chi connectivity index (χ4v) is 2.01. The summed E-state index contributed by atoms with van der Waals surface area (Å²) in [7, 11) is 0. The Morgan fingerprint density at radius 2 is 1.72 bits per heavy atom. The van der Waals surface area contributed by atoms with E-state index in [1.807, 2.05) is 5.32 Å². The molecule has 29 heavy (non-hydrogen) atoms. The Kier molecular flexibility index (Phi) is 6.70. The predicted molar refractivity (Wildman–Crippen MR) is 89.6 cm³/mol. The zero-order valence-electron chi connectivity index (χ0n) is 14.4. The zero-order valence-corrected chi connectivity index (χ0v) is 14.4. The fraction of sp³-hybridized carbons (Fsp3) is 0.176. The van der Waals surface area contributed by atoms with E-state index in [1.54, 1.807) is 0 Å². The van der Waals surface area contributed by atoms with Gasteiger partial charge in [-0.3, -0.25) is 14.9 Å². The molecule has 8 nitrogen and oxygen atoms in total. The number of amides is 1. The Hall–Kier alpha value is -3.70. The number of benzene rings is 2. The normalized spacial score (nSPS) is 10.9. The molecular weight excluding hydrogens is 404 g/mol. The smallest absolute Gasteiger partial charge is 0.416 e. The molecule has 0 aliphatic carbocycles. The largest absolute Gasteiger partial charge is 0.482 e. The minimum absolute atomic E-state index is 0.174. The molecule has 12 heteroatoms. The molecule has 0 saturated carbocycles. The summed E-state index contributed by atoms with van der Waals surface area (Å²) in [5.74, 6) is -2.31. The van der Waals surface area contributed by atoms with E-state index in [-0.39, 0.29) is 11.8 Å². The van der Waals surface area contributed by atoms with Crippen LogP contribution in [0.1, 0.15) is 5.56 Å². The molecule has 1 N–H and O–H groups in total. The topological polar surface area (TPSA) is 108 Å². The first-order valence-corrected chi connectivity index (χ1v) is 7.76. The van der Waals surface area contributed by atoms with Gasteiger partial charge in [-0.2, -0.15) is 13.2 Å². The molecule has 0 unspecified atom stereocenters. The number of esters is 1. The van der Waals surface area contributed by atoms with E-state index in [9.17, 15) is 37.3 Å². The van der Waals surface area contributed by atoms with Gasteiger partial charge in [-0.05, 0) is 36.4 Å². The van der Waals surface area contributed by atoms with Gasteiger partial charge in [0, 0.05) is 6.07 Å². The lowest BCUT2D eigenvalue weighted by molar-refractivity contribution is -0.384. The molecule has 0 aromatic heterocycles. The molecule has 0 fully saturated rings. The van der Waals surface area contributed by atoms with Gasteiger partial charge in [-0.15, -0.1) is 0 Å². The lowest BCUT2D eigenvalue weighted by Crippen LogP contribution is -2.24. The summed E-state index contributed by atoms with van der Waals surface area (Å²) in [4.78, 5) is 33.2. The summed E-state index contributed by atoms with van der Waals surface area (Å²) in [6.07, 6.45) is -4.80. The van der Waals surface area contributed by atoms with Crippen LogP contribution >= 0.6 is 0 Å². The van der Waals surface area contributed by atoms with Crippen LogP contribution in [-0.4, -0.2) is 30.0 Å². The van der Waals surface area contributed by atoms with E-state index in [0.29, 0.717) is 6.07 Å². The van der Waals surface area contributed by atoms with Crippen molar-refractivity contribution >= 4 is 23.3 Å². The van der Waals surface area contributed by atoms with Gasteiger partial charge in [0.25, 0.3) is 11.6 Å². The number of alkyl halides is 3. The fourth-order valence-electron chi connectivity index (χ4n) is 2.01. The van der Waals surface area contributed by atoms with Gasteiger partial charge >= 0.3 is 12.1 Å². The summed E-state index contributed by atoms with van der Waals surface area (Å²) in [5, 5.41) is 12.9. The number of nitrogens with zero attached hydrogens (tertiary/aromatic N) is 1.